The molecule has 1 atom stereocenters. The Bertz CT molecular complexity index is 399. The van der Waals surface area contributed by atoms with E-state index in [4.69, 9.17) is 11.6 Å². The van der Waals surface area contributed by atoms with Gasteiger partial charge in [-0.15, -0.1) is 11.6 Å². The molecule has 1 unspecified atom stereocenters. The molecular weight excluding hydrogens is 248 g/mol. The van der Waals surface area contributed by atoms with Gasteiger partial charge in [0.25, 0.3) is 5.91 Å². The Morgan fingerprint density at radius 2 is 1.94 bits per heavy atom. The van der Waals surface area contributed by atoms with Crippen LogP contribution in [-0.4, -0.2) is 17.3 Å². The first-order chi connectivity index (χ1) is 7.93. The summed E-state index contributed by atoms with van der Waals surface area (Å²) in [5.74, 6) is -2.37. The Hall–Kier alpha value is -1.16. The largest absolute Gasteiger partial charge is 0.346 e. The van der Waals surface area contributed by atoms with Crippen molar-refractivity contribution in [1.82, 2.24) is 5.32 Å². The van der Waals surface area contributed by atoms with Gasteiger partial charge in [-0.2, -0.15) is 0 Å². The predicted octanol–water partition coefficient (Wildman–Crippen LogP) is 3.10. The van der Waals surface area contributed by atoms with Crippen LogP contribution in [0.25, 0.3) is 0 Å². The zero-order chi connectivity index (χ0) is 13.1. The second-order valence-electron chi connectivity index (χ2n) is 4.10. The summed E-state index contributed by atoms with van der Waals surface area (Å²) in [5, 5.41) is 2.54. The minimum atomic E-state index is -0.879. The molecule has 0 aliphatic heterocycles. The number of rotatable bonds is 4. The fourth-order valence-electron chi connectivity index (χ4n) is 1.27. The molecule has 1 N–H and O–H groups in total. The lowest BCUT2D eigenvalue weighted by atomic mass is 10.0. The van der Waals surface area contributed by atoms with Crippen LogP contribution in [-0.2, 0) is 0 Å². The van der Waals surface area contributed by atoms with Crippen molar-refractivity contribution in [2.75, 3.05) is 5.88 Å². The molecule has 0 radical (unpaired) electrons. The Kier molecular flexibility index (Phi) is 4.46. The van der Waals surface area contributed by atoms with E-state index in [1.807, 2.05) is 6.92 Å². The Labute approximate surface area is 104 Å². The molecule has 0 spiro atoms. The van der Waals surface area contributed by atoms with E-state index >= 15 is 0 Å². The fraction of sp³-hybridized carbons (Fsp3) is 0.417. The van der Waals surface area contributed by atoms with Gasteiger partial charge in [-0.05, 0) is 25.5 Å². The van der Waals surface area contributed by atoms with E-state index in [-0.39, 0.29) is 5.88 Å². The van der Waals surface area contributed by atoms with Gasteiger partial charge in [0.1, 0.15) is 17.2 Å². The van der Waals surface area contributed by atoms with Crippen molar-refractivity contribution in [3.63, 3.8) is 0 Å². The average molecular weight is 262 g/mol. The molecule has 0 bridgehead atoms. The molecule has 0 heterocycles. The summed E-state index contributed by atoms with van der Waals surface area (Å²) in [6, 6.07) is 3.30. The van der Waals surface area contributed by atoms with Crippen LogP contribution in [0, 0.1) is 11.6 Å². The number of carbonyl (C=O) groups excluding carboxylic acids is 1. The first-order valence-corrected chi connectivity index (χ1v) is 5.79. The van der Waals surface area contributed by atoms with Crippen LogP contribution in [0.1, 0.15) is 30.6 Å². The third-order valence-electron chi connectivity index (χ3n) is 2.68. The highest BCUT2D eigenvalue weighted by molar-refractivity contribution is 6.18. The summed E-state index contributed by atoms with van der Waals surface area (Å²) in [6.45, 7) is 3.55. The second kappa shape index (κ2) is 5.45. The average Bonchev–Trinajstić information content (AvgIpc) is 2.28. The summed E-state index contributed by atoms with van der Waals surface area (Å²) in [5.41, 5.74) is -1.25. The summed E-state index contributed by atoms with van der Waals surface area (Å²) in [6.07, 6.45) is 0.568. The van der Waals surface area contributed by atoms with Crippen molar-refractivity contribution in [2.45, 2.75) is 25.8 Å². The van der Waals surface area contributed by atoms with Crippen molar-refractivity contribution < 1.29 is 13.6 Å². The monoisotopic (exact) mass is 261 g/mol. The van der Waals surface area contributed by atoms with Crippen LogP contribution < -0.4 is 5.32 Å². The standard InChI is InChI=1S/C12H14ClF2NO/c1-3-12(2,7-13)16-11(17)10-8(14)5-4-6-9(10)15/h4-6H,3,7H2,1-2H3,(H,16,17). The van der Waals surface area contributed by atoms with E-state index in [0.717, 1.165) is 12.1 Å². The fourth-order valence-corrected chi connectivity index (χ4v) is 1.52. The molecule has 1 rings (SSSR count). The molecule has 17 heavy (non-hydrogen) atoms. The van der Waals surface area contributed by atoms with E-state index in [1.54, 1.807) is 6.92 Å². The van der Waals surface area contributed by atoms with Crippen molar-refractivity contribution >= 4 is 17.5 Å². The van der Waals surface area contributed by atoms with Gasteiger partial charge in [-0.3, -0.25) is 4.79 Å². The number of alkyl halides is 1. The van der Waals surface area contributed by atoms with Crippen LogP contribution in [0.4, 0.5) is 8.78 Å². The maximum Gasteiger partial charge on any atom is 0.257 e. The molecule has 5 heteroatoms. The molecular formula is C12H14ClF2NO. The highest BCUT2D eigenvalue weighted by atomic mass is 35.5. The van der Waals surface area contributed by atoms with Gasteiger partial charge < -0.3 is 5.32 Å². The van der Waals surface area contributed by atoms with Crippen LogP contribution in [0.3, 0.4) is 0 Å². The third kappa shape index (κ3) is 3.16. The number of benzene rings is 1. The molecule has 1 amide bonds. The lowest BCUT2D eigenvalue weighted by Crippen LogP contribution is -2.47. The number of nitrogens with one attached hydrogen (secondary N) is 1. The van der Waals surface area contributed by atoms with Crippen molar-refractivity contribution in [2.24, 2.45) is 0 Å². The van der Waals surface area contributed by atoms with Crippen molar-refractivity contribution in [1.29, 1.82) is 0 Å². The number of carbonyl (C=O) groups is 1. The van der Waals surface area contributed by atoms with Crippen LogP contribution >= 0.6 is 11.6 Å². The SMILES string of the molecule is CCC(C)(CCl)NC(=O)c1c(F)cccc1F. The van der Waals surface area contributed by atoms with E-state index in [0.29, 0.717) is 6.42 Å². The molecule has 1 aromatic carbocycles. The number of hydrogen-bond donors (Lipinski definition) is 1. The Morgan fingerprint density at radius 3 is 2.35 bits per heavy atom. The minimum Gasteiger partial charge on any atom is -0.346 e. The maximum absolute atomic E-state index is 13.4. The molecule has 1 aromatic rings. The summed E-state index contributed by atoms with van der Waals surface area (Å²) < 4.78 is 26.7. The first kappa shape index (κ1) is 13.9. The van der Waals surface area contributed by atoms with E-state index in [2.05, 4.69) is 5.32 Å². The van der Waals surface area contributed by atoms with E-state index in [1.165, 1.54) is 6.07 Å². The number of amides is 1. The molecule has 0 aliphatic carbocycles. The van der Waals surface area contributed by atoms with Gasteiger partial charge in [-0.25, -0.2) is 8.78 Å². The topological polar surface area (TPSA) is 29.1 Å². The van der Waals surface area contributed by atoms with Gasteiger partial charge in [0, 0.05) is 5.88 Å². The van der Waals surface area contributed by atoms with E-state index in [9.17, 15) is 13.6 Å². The van der Waals surface area contributed by atoms with Gasteiger partial charge in [-0.1, -0.05) is 13.0 Å². The van der Waals surface area contributed by atoms with Crippen molar-refractivity contribution in [3.8, 4) is 0 Å². The predicted molar refractivity (Wildman–Crippen MR) is 63.2 cm³/mol. The number of hydrogen-bond acceptors (Lipinski definition) is 1. The molecule has 0 fully saturated rings. The smallest absolute Gasteiger partial charge is 0.257 e. The summed E-state index contributed by atoms with van der Waals surface area (Å²) in [4.78, 5) is 11.8. The van der Waals surface area contributed by atoms with Gasteiger partial charge >= 0.3 is 0 Å². The van der Waals surface area contributed by atoms with Gasteiger partial charge in [0.05, 0.1) is 5.54 Å². The van der Waals surface area contributed by atoms with Gasteiger partial charge in [0.2, 0.25) is 0 Å². The molecule has 0 saturated carbocycles. The summed E-state index contributed by atoms with van der Waals surface area (Å²) in [7, 11) is 0. The maximum atomic E-state index is 13.4. The molecule has 0 aromatic heterocycles. The molecule has 2 nitrogen and oxygen atoms in total. The Morgan fingerprint density at radius 1 is 1.41 bits per heavy atom. The second-order valence-corrected chi connectivity index (χ2v) is 4.37. The van der Waals surface area contributed by atoms with Crippen molar-refractivity contribution in [3.05, 3.63) is 35.4 Å². The lowest BCUT2D eigenvalue weighted by Gasteiger charge is -2.27. The zero-order valence-corrected chi connectivity index (χ0v) is 10.4. The van der Waals surface area contributed by atoms with Gasteiger partial charge in [0.15, 0.2) is 0 Å². The highest BCUT2D eigenvalue weighted by Crippen LogP contribution is 2.16. The normalized spacial score (nSPS) is 14.2. The van der Waals surface area contributed by atoms with Crippen LogP contribution in [0.2, 0.25) is 0 Å². The number of halogens is 3. The molecule has 94 valence electrons. The van der Waals surface area contributed by atoms with E-state index < -0.39 is 28.6 Å². The highest BCUT2D eigenvalue weighted by Gasteiger charge is 2.26. The molecule has 0 saturated heterocycles. The first-order valence-electron chi connectivity index (χ1n) is 5.26. The van der Waals surface area contributed by atoms with Crippen LogP contribution in [0.15, 0.2) is 18.2 Å². The summed E-state index contributed by atoms with van der Waals surface area (Å²) >= 11 is 5.72. The quantitative estimate of drug-likeness (QED) is 0.829. The molecule has 0 aliphatic rings. The Balaban J connectivity index is 2.98. The zero-order valence-electron chi connectivity index (χ0n) is 9.69. The third-order valence-corrected chi connectivity index (χ3v) is 3.27. The van der Waals surface area contributed by atoms with Crippen LogP contribution in [0.5, 0.6) is 0 Å². The lowest BCUT2D eigenvalue weighted by molar-refractivity contribution is 0.0904. The minimum absolute atomic E-state index is 0.172.